The van der Waals surface area contributed by atoms with Gasteiger partial charge in [0.1, 0.15) is 12.7 Å². The molecule has 0 bridgehead atoms. The van der Waals surface area contributed by atoms with Crippen molar-refractivity contribution in [2.24, 2.45) is 0 Å². The fraction of sp³-hybridized carbons (Fsp3) is 0.875. The lowest BCUT2D eigenvalue weighted by Crippen LogP contribution is -2.17. The Bertz CT molecular complexity index is 164. The van der Waals surface area contributed by atoms with Crippen molar-refractivity contribution in [2.75, 3.05) is 13.3 Å². The minimum absolute atomic E-state index is 0.0734. The van der Waals surface area contributed by atoms with Crippen LogP contribution in [0.3, 0.4) is 0 Å². The maximum Gasteiger partial charge on any atom is 0.508 e. The fourth-order valence-corrected chi connectivity index (χ4v) is 0.642. The van der Waals surface area contributed by atoms with E-state index in [1.165, 1.54) is 6.92 Å². The molecule has 0 saturated carbocycles. The maximum absolute atomic E-state index is 11.7. The molecule has 0 rings (SSSR count). The van der Waals surface area contributed by atoms with Crippen LogP contribution >= 0.6 is 0 Å². The summed E-state index contributed by atoms with van der Waals surface area (Å²) in [5.41, 5.74) is 0. The van der Waals surface area contributed by atoms with Gasteiger partial charge in [0.05, 0.1) is 6.67 Å². The lowest BCUT2D eigenvalue weighted by atomic mass is 10.3. The number of hydrogen-bond acceptors (Lipinski definition) is 3. The van der Waals surface area contributed by atoms with Crippen LogP contribution in [-0.4, -0.2) is 32.0 Å². The molecule has 0 spiro atoms. The Hall–Kier alpha value is -0.940. The van der Waals surface area contributed by atoms with Crippen molar-refractivity contribution in [3.8, 4) is 0 Å². The smallest absolute Gasteiger partial charge is 0.434 e. The SMILES string of the molecule is CC(CCF)OC(=O)OCCC(F)F. The number of carbonyl (C=O) groups is 1. The van der Waals surface area contributed by atoms with Crippen LogP contribution in [0.2, 0.25) is 0 Å². The van der Waals surface area contributed by atoms with Crippen molar-refractivity contribution in [3.05, 3.63) is 0 Å². The lowest BCUT2D eigenvalue weighted by Gasteiger charge is -2.11. The highest BCUT2D eigenvalue weighted by atomic mass is 19.3. The van der Waals surface area contributed by atoms with Crippen molar-refractivity contribution >= 4 is 6.16 Å². The number of alkyl halides is 3. The van der Waals surface area contributed by atoms with E-state index in [-0.39, 0.29) is 6.42 Å². The third-order valence-electron chi connectivity index (χ3n) is 1.37. The third-order valence-corrected chi connectivity index (χ3v) is 1.37. The normalized spacial score (nSPS) is 12.6. The van der Waals surface area contributed by atoms with Gasteiger partial charge in [-0.25, -0.2) is 13.6 Å². The van der Waals surface area contributed by atoms with Gasteiger partial charge in [-0.1, -0.05) is 0 Å². The van der Waals surface area contributed by atoms with Crippen LogP contribution in [-0.2, 0) is 9.47 Å². The molecule has 0 N–H and O–H groups in total. The first kappa shape index (κ1) is 13.1. The largest absolute Gasteiger partial charge is 0.508 e. The van der Waals surface area contributed by atoms with Gasteiger partial charge in [0.2, 0.25) is 6.43 Å². The van der Waals surface area contributed by atoms with Gasteiger partial charge in [-0.2, -0.15) is 0 Å². The van der Waals surface area contributed by atoms with Crippen molar-refractivity contribution in [1.29, 1.82) is 0 Å². The zero-order valence-corrected chi connectivity index (χ0v) is 7.84. The lowest BCUT2D eigenvalue weighted by molar-refractivity contribution is 0.0143. The zero-order chi connectivity index (χ0) is 11.0. The van der Waals surface area contributed by atoms with E-state index in [4.69, 9.17) is 0 Å². The highest BCUT2D eigenvalue weighted by Crippen LogP contribution is 2.02. The molecule has 1 unspecified atom stereocenters. The average molecular weight is 214 g/mol. The number of hydrogen-bond donors (Lipinski definition) is 0. The van der Waals surface area contributed by atoms with E-state index >= 15 is 0 Å². The summed E-state index contributed by atoms with van der Waals surface area (Å²) in [6.45, 7) is 0.498. The average Bonchev–Trinajstić information content (AvgIpc) is 2.03. The molecule has 3 nitrogen and oxygen atoms in total. The van der Waals surface area contributed by atoms with Crippen molar-refractivity contribution in [1.82, 2.24) is 0 Å². The zero-order valence-electron chi connectivity index (χ0n) is 7.84. The Labute approximate surface area is 80.2 Å². The van der Waals surface area contributed by atoms with Crippen molar-refractivity contribution < 1.29 is 27.4 Å². The van der Waals surface area contributed by atoms with Gasteiger partial charge in [-0.3, -0.25) is 4.39 Å². The summed E-state index contributed by atoms with van der Waals surface area (Å²) < 4.78 is 43.7. The van der Waals surface area contributed by atoms with Gasteiger partial charge in [0.25, 0.3) is 0 Å². The minimum atomic E-state index is -2.51. The Morgan fingerprint density at radius 1 is 1.36 bits per heavy atom. The maximum atomic E-state index is 11.7. The monoisotopic (exact) mass is 214 g/mol. The molecule has 0 fully saturated rings. The second-order valence-corrected chi connectivity index (χ2v) is 2.68. The summed E-state index contributed by atoms with van der Waals surface area (Å²) in [7, 11) is 0. The van der Waals surface area contributed by atoms with E-state index in [9.17, 15) is 18.0 Å². The number of halogens is 3. The van der Waals surface area contributed by atoms with Gasteiger partial charge in [-0.05, 0) is 6.92 Å². The van der Waals surface area contributed by atoms with E-state index in [1.54, 1.807) is 0 Å². The molecule has 0 aromatic heterocycles. The van der Waals surface area contributed by atoms with Crippen LogP contribution in [0.25, 0.3) is 0 Å². The summed E-state index contributed by atoms with van der Waals surface area (Å²) in [6, 6.07) is 0. The van der Waals surface area contributed by atoms with Gasteiger partial charge < -0.3 is 9.47 Å². The predicted molar refractivity (Wildman–Crippen MR) is 43.1 cm³/mol. The van der Waals surface area contributed by atoms with Crippen LogP contribution in [0.4, 0.5) is 18.0 Å². The molecular formula is C8H13F3O3. The molecule has 0 saturated heterocycles. The number of ether oxygens (including phenoxy) is 2. The van der Waals surface area contributed by atoms with Gasteiger partial charge in [0, 0.05) is 12.8 Å². The van der Waals surface area contributed by atoms with E-state index in [0.29, 0.717) is 0 Å². The Balaban J connectivity index is 3.45. The quantitative estimate of drug-likeness (QED) is 0.637. The summed E-state index contributed by atoms with van der Waals surface area (Å²) in [5, 5.41) is 0. The van der Waals surface area contributed by atoms with Crippen LogP contribution in [0.5, 0.6) is 0 Å². The fourth-order valence-electron chi connectivity index (χ4n) is 0.642. The first-order valence-electron chi connectivity index (χ1n) is 4.23. The highest BCUT2D eigenvalue weighted by molar-refractivity contribution is 5.60. The van der Waals surface area contributed by atoms with Crippen LogP contribution in [0.1, 0.15) is 19.8 Å². The minimum Gasteiger partial charge on any atom is -0.434 e. The number of rotatable bonds is 6. The summed E-state index contributed by atoms with van der Waals surface area (Å²) in [4.78, 5) is 10.7. The van der Waals surface area contributed by atoms with Gasteiger partial charge in [0.15, 0.2) is 0 Å². The molecule has 0 aromatic rings. The standard InChI is InChI=1S/C8H13F3O3/c1-6(2-4-9)14-8(12)13-5-3-7(10)11/h6-7H,2-5H2,1H3. The second-order valence-electron chi connectivity index (χ2n) is 2.68. The molecule has 0 radical (unpaired) electrons. The summed E-state index contributed by atoms with van der Waals surface area (Å²) in [6.07, 6.45) is -4.59. The van der Waals surface area contributed by atoms with Crippen molar-refractivity contribution in [3.63, 3.8) is 0 Å². The highest BCUT2D eigenvalue weighted by Gasteiger charge is 2.11. The molecule has 84 valence electrons. The molecule has 0 aliphatic heterocycles. The van der Waals surface area contributed by atoms with E-state index in [0.717, 1.165) is 0 Å². The van der Waals surface area contributed by atoms with Crippen molar-refractivity contribution in [2.45, 2.75) is 32.3 Å². The van der Waals surface area contributed by atoms with E-state index in [2.05, 4.69) is 9.47 Å². The number of carbonyl (C=O) groups excluding carboxylic acids is 1. The predicted octanol–water partition coefficient (Wildman–Crippen LogP) is 2.54. The van der Waals surface area contributed by atoms with Crippen LogP contribution in [0.15, 0.2) is 0 Å². The topological polar surface area (TPSA) is 35.5 Å². The summed E-state index contributed by atoms with van der Waals surface area (Å²) >= 11 is 0. The molecule has 6 heteroatoms. The van der Waals surface area contributed by atoms with Crippen LogP contribution < -0.4 is 0 Å². The molecule has 1 atom stereocenters. The van der Waals surface area contributed by atoms with Gasteiger partial charge in [-0.15, -0.1) is 0 Å². The molecule has 14 heavy (non-hydrogen) atoms. The second kappa shape index (κ2) is 7.46. The molecule has 0 aliphatic rings. The van der Waals surface area contributed by atoms with Gasteiger partial charge >= 0.3 is 6.16 Å². The Morgan fingerprint density at radius 2 is 2.00 bits per heavy atom. The molecule has 0 heterocycles. The molecule has 0 amide bonds. The van der Waals surface area contributed by atoms with E-state index in [1.807, 2.05) is 0 Å². The first-order valence-corrected chi connectivity index (χ1v) is 4.23. The summed E-state index contributed by atoms with van der Waals surface area (Å²) in [5.74, 6) is 0. The molecule has 0 aromatic carbocycles. The van der Waals surface area contributed by atoms with E-state index < -0.39 is 38.4 Å². The van der Waals surface area contributed by atoms with Crippen LogP contribution in [0, 0.1) is 0 Å². The Kier molecular flexibility index (Phi) is 6.96. The first-order chi connectivity index (χ1) is 6.56. The molecule has 0 aliphatic carbocycles. The molecular weight excluding hydrogens is 201 g/mol. The Morgan fingerprint density at radius 3 is 2.50 bits per heavy atom. The third kappa shape index (κ3) is 7.70.